The minimum absolute atomic E-state index is 0.0569. The van der Waals surface area contributed by atoms with E-state index in [0.717, 1.165) is 41.8 Å². The third kappa shape index (κ3) is 4.41. The number of carbonyl (C=O) groups is 2. The fourth-order valence-corrected chi connectivity index (χ4v) is 3.11. The minimum atomic E-state index is -0.174. The highest BCUT2D eigenvalue weighted by atomic mass is 16.2. The maximum atomic E-state index is 12.1. The van der Waals surface area contributed by atoms with Crippen LogP contribution in [-0.2, 0) is 17.6 Å². The lowest BCUT2D eigenvalue weighted by molar-refractivity contribution is -0.116. The maximum Gasteiger partial charge on any atom is 0.315 e. The Kier molecular flexibility index (Phi) is 5.55. The second-order valence-electron chi connectivity index (χ2n) is 6.71. The number of aromatic amines is 1. The highest BCUT2D eigenvalue weighted by molar-refractivity contribution is 5.93. The average molecular weight is 355 g/mol. The monoisotopic (exact) mass is 355 g/mol. The van der Waals surface area contributed by atoms with Crippen LogP contribution >= 0.6 is 0 Å². The Morgan fingerprint density at radius 1 is 1.35 bits per heavy atom. The average Bonchev–Trinajstić information content (AvgIpc) is 3.03. The third-order valence-corrected chi connectivity index (χ3v) is 4.72. The zero-order chi connectivity index (χ0) is 18.5. The van der Waals surface area contributed by atoms with E-state index in [0.29, 0.717) is 13.0 Å². The number of benzene rings is 1. The molecule has 0 fully saturated rings. The van der Waals surface area contributed by atoms with E-state index in [2.05, 4.69) is 32.2 Å². The molecule has 1 aliphatic rings. The topological polar surface area (TPSA) is 98.9 Å². The molecule has 0 spiro atoms. The number of H-pyrrole nitrogens is 1. The molecule has 0 aliphatic carbocycles. The van der Waals surface area contributed by atoms with Crippen LogP contribution in [-0.4, -0.2) is 28.7 Å². The molecule has 0 saturated carbocycles. The van der Waals surface area contributed by atoms with Crippen LogP contribution in [0.5, 0.6) is 0 Å². The number of anilines is 1. The molecule has 0 saturated heterocycles. The Hall–Kier alpha value is -2.83. The molecule has 1 aliphatic heterocycles. The number of amides is 3. The van der Waals surface area contributed by atoms with Gasteiger partial charge in [-0.3, -0.25) is 9.89 Å². The van der Waals surface area contributed by atoms with Gasteiger partial charge in [-0.25, -0.2) is 4.79 Å². The summed E-state index contributed by atoms with van der Waals surface area (Å²) in [6.07, 6.45) is 4.82. The van der Waals surface area contributed by atoms with E-state index in [-0.39, 0.29) is 18.0 Å². The van der Waals surface area contributed by atoms with E-state index in [1.165, 1.54) is 5.56 Å². The Balaban J connectivity index is 1.45. The van der Waals surface area contributed by atoms with Gasteiger partial charge in [-0.2, -0.15) is 5.10 Å². The van der Waals surface area contributed by atoms with Crippen LogP contribution in [0.4, 0.5) is 10.5 Å². The normalized spacial score (nSPS) is 14.3. The van der Waals surface area contributed by atoms with E-state index in [9.17, 15) is 9.59 Å². The molecule has 138 valence electrons. The first-order chi connectivity index (χ1) is 12.5. The smallest absolute Gasteiger partial charge is 0.315 e. The van der Waals surface area contributed by atoms with Gasteiger partial charge in [0, 0.05) is 24.3 Å². The van der Waals surface area contributed by atoms with Crippen molar-refractivity contribution in [2.24, 2.45) is 0 Å². The highest BCUT2D eigenvalue weighted by Gasteiger charge is 2.17. The summed E-state index contributed by atoms with van der Waals surface area (Å²) in [6.45, 7) is 4.56. The molecule has 4 N–H and O–H groups in total. The summed E-state index contributed by atoms with van der Waals surface area (Å²) in [7, 11) is 0. The number of hydrogen-bond acceptors (Lipinski definition) is 3. The lowest BCUT2D eigenvalue weighted by Crippen LogP contribution is -2.37. The summed E-state index contributed by atoms with van der Waals surface area (Å²) < 4.78 is 0. The van der Waals surface area contributed by atoms with Gasteiger partial charge in [0.2, 0.25) is 5.91 Å². The van der Waals surface area contributed by atoms with Gasteiger partial charge >= 0.3 is 6.03 Å². The number of aryl methyl sites for hydroxylation is 3. The van der Waals surface area contributed by atoms with E-state index in [4.69, 9.17) is 0 Å². The molecule has 1 atom stereocenters. The Morgan fingerprint density at radius 3 is 2.96 bits per heavy atom. The van der Waals surface area contributed by atoms with Crippen molar-refractivity contribution in [2.75, 3.05) is 11.9 Å². The van der Waals surface area contributed by atoms with Gasteiger partial charge in [-0.15, -0.1) is 0 Å². The van der Waals surface area contributed by atoms with Gasteiger partial charge in [0.1, 0.15) is 0 Å². The van der Waals surface area contributed by atoms with E-state index in [1.54, 1.807) is 0 Å². The van der Waals surface area contributed by atoms with Crippen molar-refractivity contribution in [1.29, 1.82) is 0 Å². The molecular weight excluding hydrogens is 330 g/mol. The SMILES string of the molecule is Cc1[nH]ncc1CCCNC(=O)N[C@@H](C)c1ccc2c(c1)CCC(=O)N2. The second-order valence-corrected chi connectivity index (χ2v) is 6.71. The van der Waals surface area contributed by atoms with Crippen molar-refractivity contribution >= 4 is 17.6 Å². The van der Waals surface area contributed by atoms with Gasteiger partial charge in [-0.05, 0) is 55.9 Å². The number of rotatable bonds is 6. The fourth-order valence-electron chi connectivity index (χ4n) is 3.11. The molecule has 26 heavy (non-hydrogen) atoms. The summed E-state index contributed by atoms with van der Waals surface area (Å²) >= 11 is 0. The first-order valence-corrected chi connectivity index (χ1v) is 8.99. The van der Waals surface area contributed by atoms with Crippen LogP contribution in [0.1, 0.15) is 48.2 Å². The fraction of sp³-hybridized carbons (Fsp3) is 0.421. The predicted molar refractivity (Wildman–Crippen MR) is 100.0 cm³/mol. The maximum absolute atomic E-state index is 12.1. The van der Waals surface area contributed by atoms with Gasteiger partial charge in [0.05, 0.1) is 12.2 Å². The number of urea groups is 1. The molecule has 3 amide bonds. The molecule has 1 aromatic carbocycles. The zero-order valence-corrected chi connectivity index (χ0v) is 15.2. The largest absolute Gasteiger partial charge is 0.338 e. The summed E-state index contributed by atoms with van der Waals surface area (Å²) in [5.74, 6) is 0.0569. The molecule has 0 radical (unpaired) electrons. The number of carbonyl (C=O) groups excluding carboxylic acids is 2. The number of nitrogens with one attached hydrogen (secondary N) is 4. The Bertz CT molecular complexity index is 799. The van der Waals surface area contributed by atoms with Crippen LogP contribution in [0.25, 0.3) is 0 Å². The lowest BCUT2D eigenvalue weighted by Gasteiger charge is -2.20. The first kappa shape index (κ1) is 18.0. The lowest BCUT2D eigenvalue weighted by atomic mass is 9.98. The van der Waals surface area contributed by atoms with Crippen molar-refractivity contribution in [3.8, 4) is 0 Å². The Morgan fingerprint density at radius 2 is 2.19 bits per heavy atom. The minimum Gasteiger partial charge on any atom is -0.338 e. The Labute approximate surface area is 153 Å². The first-order valence-electron chi connectivity index (χ1n) is 8.99. The van der Waals surface area contributed by atoms with Crippen molar-refractivity contribution in [1.82, 2.24) is 20.8 Å². The van der Waals surface area contributed by atoms with Gasteiger partial charge in [0.15, 0.2) is 0 Å². The van der Waals surface area contributed by atoms with Crippen molar-refractivity contribution < 1.29 is 9.59 Å². The molecule has 1 aromatic heterocycles. The molecule has 2 heterocycles. The van der Waals surface area contributed by atoms with Crippen molar-refractivity contribution in [3.63, 3.8) is 0 Å². The standard InChI is InChI=1S/C19H25N5O2/c1-12(14-5-7-17-15(10-14)6-8-18(25)23-17)22-19(26)20-9-3-4-16-11-21-24-13(16)2/h5,7,10-12H,3-4,6,8-9H2,1-2H3,(H,21,24)(H,23,25)(H2,20,22,26)/t12-/m0/s1. The summed E-state index contributed by atoms with van der Waals surface area (Å²) in [6, 6.07) is 5.63. The van der Waals surface area contributed by atoms with E-state index < -0.39 is 0 Å². The van der Waals surface area contributed by atoms with E-state index >= 15 is 0 Å². The van der Waals surface area contributed by atoms with Gasteiger partial charge in [-0.1, -0.05) is 12.1 Å². The van der Waals surface area contributed by atoms with Crippen LogP contribution in [0, 0.1) is 6.92 Å². The van der Waals surface area contributed by atoms with Gasteiger partial charge in [0.25, 0.3) is 0 Å². The molecule has 7 nitrogen and oxygen atoms in total. The zero-order valence-electron chi connectivity index (χ0n) is 15.2. The van der Waals surface area contributed by atoms with Crippen molar-refractivity contribution in [3.05, 3.63) is 46.8 Å². The second kappa shape index (κ2) is 8.03. The van der Waals surface area contributed by atoms with E-state index in [1.807, 2.05) is 32.2 Å². The highest BCUT2D eigenvalue weighted by Crippen LogP contribution is 2.26. The number of nitrogens with zero attached hydrogens (tertiary/aromatic N) is 1. The summed E-state index contributed by atoms with van der Waals surface area (Å²) in [5.41, 5.74) is 5.28. The molecule has 0 bridgehead atoms. The third-order valence-electron chi connectivity index (χ3n) is 4.72. The summed E-state index contributed by atoms with van der Waals surface area (Å²) in [5, 5.41) is 15.6. The number of fused-ring (bicyclic) bond motifs is 1. The molecular formula is C19H25N5O2. The van der Waals surface area contributed by atoms with Crippen LogP contribution in [0.3, 0.4) is 0 Å². The molecule has 2 aromatic rings. The number of hydrogen-bond donors (Lipinski definition) is 4. The van der Waals surface area contributed by atoms with Crippen LogP contribution < -0.4 is 16.0 Å². The van der Waals surface area contributed by atoms with Crippen molar-refractivity contribution in [2.45, 2.75) is 45.6 Å². The van der Waals surface area contributed by atoms with Crippen LogP contribution in [0.15, 0.2) is 24.4 Å². The predicted octanol–water partition coefficient (Wildman–Crippen LogP) is 2.60. The number of aromatic nitrogens is 2. The van der Waals surface area contributed by atoms with Gasteiger partial charge < -0.3 is 16.0 Å². The molecule has 7 heteroatoms. The summed E-state index contributed by atoms with van der Waals surface area (Å²) in [4.78, 5) is 23.5. The molecule has 0 unspecified atom stereocenters. The van der Waals surface area contributed by atoms with Crippen LogP contribution in [0.2, 0.25) is 0 Å². The molecule has 3 rings (SSSR count). The quantitative estimate of drug-likeness (QED) is 0.599.